The molecule has 0 aromatic carbocycles. The number of nitrogens with zero attached hydrogens (tertiary/aromatic N) is 3. The molecule has 0 aliphatic rings. The molecular weight excluding hydrogens is 218 g/mol. The zero-order valence-electron chi connectivity index (χ0n) is 6.18. The Kier molecular flexibility index (Phi) is 1.91. The second-order valence-electron chi connectivity index (χ2n) is 2.28. The van der Waals surface area contributed by atoms with E-state index in [2.05, 4.69) is 25.9 Å². The summed E-state index contributed by atoms with van der Waals surface area (Å²) in [5, 5.41) is 0. The SMILES string of the molecule is Brc1nccn1-c1cccnc1. The minimum atomic E-state index is 0.788. The topological polar surface area (TPSA) is 30.7 Å². The normalized spacial score (nSPS) is 10.1. The molecule has 0 aliphatic heterocycles. The van der Waals surface area contributed by atoms with Crippen molar-refractivity contribution in [2.24, 2.45) is 0 Å². The van der Waals surface area contributed by atoms with Crippen molar-refractivity contribution < 1.29 is 0 Å². The Labute approximate surface area is 78.2 Å². The highest BCUT2D eigenvalue weighted by Crippen LogP contribution is 2.12. The summed E-state index contributed by atoms with van der Waals surface area (Å²) in [4.78, 5) is 8.06. The summed E-state index contributed by atoms with van der Waals surface area (Å²) >= 11 is 3.33. The Morgan fingerprint density at radius 3 is 2.83 bits per heavy atom. The van der Waals surface area contributed by atoms with Crippen molar-refractivity contribution >= 4 is 15.9 Å². The monoisotopic (exact) mass is 223 g/mol. The van der Waals surface area contributed by atoms with Gasteiger partial charge in [-0.2, -0.15) is 0 Å². The van der Waals surface area contributed by atoms with Gasteiger partial charge in [0.25, 0.3) is 0 Å². The Balaban J connectivity index is 2.51. The molecule has 0 spiro atoms. The molecular formula is C8H6BrN3. The van der Waals surface area contributed by atoms with Crippen molar-refractivity contribution in [3.8, 4) is 5.69 Å². The fourth-order valence-electron chi connectivity index (χ4n) is 0.974. The minimum Gasteiger partial charge on any atom is -0.293 e. The molecule has 2 aromatic heterocycles. The van der Waals surface area contributed by atoms with E-state index >= 15 is 0 Å². The Hall–Kier alpha value is -1.16. The van der Waals surface area contributed by atoms with Crippen LogP contribution in [0.25, 0.3) is 5.69 Å². The van der Waals surface area contributed by atoms with Crippen LogP contribution in [0, 0.1) is 0 Å². The first-order valence-corrected chi connectivity index (χ1v) is 4.26. The highest BCUT2D eigenvalue weighted by molar-refractivity contribution is 9.10. The second kappa shape index (κ2) is 3.06. The maximum Gasteiger partial charge on any atom is 0.181 e. The molecule has 60 valence electrons. The number of halogens is 1. The van der Waals surface area contributed by atoms with Crippen LogP contribution in [0.1, 0.15) is 0 Å². The van der Waals surface area contributed by atoms with Crippen LogP contribution < -0.4 is 0 Å². The maximum absolute atomic E-state index is 4.04. The quantitative estimate of drug-likeness (QED) is 0.741. The lowest BCUT2D eigenvalue weighted by molar-refractivity contribution is 1.00. The third-order valence-corrected chi connectivity index (χ3v) is 2.11. The van der Waals surface area contributed by atoms with Gasteiger partial charge in [-0.15, -0.1) is 0 Å². The van der Waals surface area contributed by atoms with Crippen LogP contribution in [0.4, 0.5) is 0 Å². The summed E-state index contributed by atoms with van der Waals surface area (Å²) < 4.78 is 2.70. The van der Waals surface area contributed by atoms with Crippen LogP contribution >= 0.6 is 15.9 Å². The van der Waals surface area contributed by atoms with Gasteiger partial charge in [0.05, 0.1) is 11.9 Å². The van der Waals surface area contributed by atoms with Gasteiger partial charge in [-0.05, 0) is 28.1 Å². The molecule has 0 unspecified atom stereocenters. The lowest BCUT2D eigenvalue weighted by atomic mass is 10.4. The van der Waals surface area contributed by atoms with Gasteiger partial charge in [0.1, 0.15) is 0 Å². The fraction of sp³-hybridized carbons (Fsp3) is 0. The average Bonchev–Trinajstić information content (AvgIpc) is 2.53. The van der Waals surface area contributed by atoms with Crippen LogP contribution in [0.15, 0.2) is 41.7 Å². The number of aromatic nitrogens is 3. The molecule has 0 bridgehead atoms. The van der Waals surface area contributed by atoms with Gasteiger partial charge in [-0.25, -0.2) is 4.98 Å². The van der Waals surface area contributed by atoms with Crippen LogP contribution in [-0.2, 0) is 0 Å². The summed E-state index contributed by atoms with van der Waals surface area (Å²) in [5.74, 6) is 0. The largest absolute Gasteiger partial charge is 0.293 e. The van der Waals surface area contributed by atoms with Gasteiger partial charge in [0.2, 0.25) is 0 Å². The molecule has 2 aromatic rings. The first-order chi connectivity index (χ1) is 5.88. The molecule has 2 heterocycles. The highest BCUT2D eigenvalue weighted by atomic mass is 79.9. The zero-order valence-corrected chi connectivity index (χ0v) is 7.77. The van der Waals surface area contributed by atoms with Crippen molar-refractivity contribution in [2.45, 2.75) is 0 Å². The minimum absolute atomic E-state index is 0.788. The van der Waals surface area contributed by atoms with Crippen molar-refractivity contribution in [1.29, 1.82) is 0 Å². The van der Waals surface area contributed by atoms with Gasteiger partial charge in [0.15, 0.2) is 4.73 Å². The third-order valence-electron chi connectivity index (χ3n) is 1.52. The van der Waals surface area contributed by atoms with Gasteiger partial charge < -0.3 is 0 Å². The van der Waals surface area contributed by atoms with E-state index in [1.165, 1.54) is 0 Å². The molecule has 0 N–H and O–H groups in total. The average molecular weight is 224 g/mol. The third kappa shape index (κ3) is 1.25. The van der Waals surface area contributed by atoms with E-state index in [0.717, 1.165) is 10.4 Å². The Morgan fingerprint density at radius 1 is 1.33 bits per heavy atom. The van der Waals surface area contributed by atoms with E-state index < -0.39 is 0 Å². The fourth-order valence-corrected chi connectivity index (χ4v) is 1.42. The Bertz CT molecular complexity index is 369. The van der Waals surface area contributed by atoms with Crippen LogP contribution in [0.2, 0.25) is 0 Å². The molecule has 0 fully saturated rings. The van der Waals surface area contributed by atoms with E-state index in [4.69, 9.17) is 0 Å². The van der Waals surface area contributed by atoms with Crippen molar-refractivity contribution in [2.75, 3.05) is 0 Å². The molecule has 0 saturated heterocycles. The van der Waals surface area contributed by atoms with Crippen molar-refractivity contribution in [3.05, 3.63) is 41.7 Å². The number of pyridine rings is 1. The molecule has 12 heavy (non-hydrogen) atoms. The molecule has 2 rings (SSSR count). The molecule has 3 nitrogen and oxygen atoms in total. The maximum atomic E-state index is 4.04. The van der Waals surface area contributed by atoms with Gasteiger partial charge >= 0.3 is 0 Å². The Morgan fingerprint density at radius 2 is 2.25 bits per heavy atom. The summed E-state index contributed by atoms with van der Waals surface area (Å²) in [6.45, 7) is 0. The molecule has 0 atom stereocenters. The first-order valence-electron chi connectivity index (χ1n) is 3.47. The summed E-state index contributed by atoms with van der Waals surface area (Å²) in [7, 11) is 0. The lowest BCUT2D eigenvalue weighted by Gasteiger charge is -2.00. The van der Waals surface area contributed by atoms with Gasteiger partial charge in [0, 0.05) is 18.6 Å². The van der Waals surface area contributed by atoms with E-state index in [-0.39, 0.29) is 0 Å². The van der Waals surface area contributed by atoms with Crippen molar-refractivity contribution in [1.82, 2.24) is 14.5 Å². The number of imidazole rings is 1. The summed E-state index contributed by atoms with van der Waals surface area (Å²) in [6, 6.07) is 3.86. The summed E-state index contributed by atoms with van der Waals surface area (Å²) in [5.41, 5.74) is 1.00. The highest BCUT2D eigenvalue weighted by Gasteiger charge is 1.99. The standard InChI is InChI=1S/C8H6BrN3/c9-8-11-4-5-12(8)7-2-1-3-10-6-7/h1-6H. The number of rotatable bonds is 1. The molecule has 0 amide bonds. The number of hydrogen-bond acceptors (Lipinski definition) is 2. The van der Waals surface area contributed by atoms with Gasteiger partial charge in [-0.1, -0.05) is 0 Å². The van der Waals surface area contributed by atoms with Crippen molar-refractivity contribution in [3.63, 3.8) is 0 Å². The van der Waals surface area contributed by atoms with E-state index in [1.807, 2.05) is 22.9 Å². The predicted octanol–water partition coefficient (Wildman–Crippen LogP) is 2.03. The molecule has 0 saturated carbocycles. The zero-order chi connectivity index (χ0) is 8.39. The lowest BCUT2D eigenvalue weighted by Crippen LogP contribution is -1.92. The predicted molar refractivity (Wildman–Crippen MR) is 49.1 cm³/mol. The van der Waals surface area contributed by atoms with Crippen LogP contribution in [0.3, 0.4) is 0 Å². The molecule has 0 radical (unpaired) electrons. The van der Waals surface area contributed by atoms with Crippen LogP contribution in [-0.4, -0.2) is 14.5 Å². The van der Waals surface area contributed by atoms with Crippen LogP contribution in [0.5, 0.6) is 0 Å². The smallest absolute Gasteiger partial charge is 0.181 e. The summed E-state index contributed by atoms with van der Waals surface area (Å²) in [6.07, 6.45) is 7.14. The second-order valence-corrected chi connectivity index (χ2v) is 2.99. The van der Waals surface area contributed by atoms with E-state index in [1.54, 1.807) is 18.6 Å². The first kappa shape index (κ1) is 7.49. The van der Waals surface area contributed by atoms with E-state index in [0.29, 0.717) is 0 Å². The molecule has 0 aliphatic carbocycles. The molecule has 4 heteroatoms. The number of hydrogen-bond donors (Lipinski definition) is 0. The van der Waals surface area contributed by atoms with Gasteiger partial charge in [-0.3, -0.25) is 9.55 Å². The van der Waals surface area contributed by atoms with E-state index in [9.17, 15) is 0 Å².